The number of alkyl carbamates (subject to hydrolysis) is 1. The zero-order valence-electron chi connectivity index (χ0n) is 19.0. The van der Waals surface area contributed by atoms with Crippen molar-refractivity contribution in [3.63, 3.8) is 0 Å². The van der Waals surface area contributed by atoms with Crippen LogP contribution in [0, 0.1) is 17.8 Å². The van der Waals surface area contributed by atoms with Crippen LogP contribution in [0.15, 0.2) is 35.1 Å². The summed E-state index contributed by atoms with van der Waals surface area (Å²) in [7, 11) is -2.16. The maximum Gasteiger partial charge on any atom is 0.407 e. The van der Waals surface area contributed by atoms with Crippen molar-refractivity contribution in [2.75, 3.05) is 33.3 Å². The number of ether oxygens (including phenoxy) is 2. The molecule has 12 heteroatoms. The van der Waals surface area contributed by atoms with Crippen LogP contribution in [0.1, 0.15) is 20.8 Å². The minimum absolute atomic E-state index is 0.0143. The summed E-state index contributed by atoms with van der Waals surface area (Å²) in [5.74, 6) is 0.0478. The van der Waals surface area contributed by atoms with Gasteiger partial charge in [0.1, 0.15) is 17.1 Å². The number of halogens is 1. The Morgan fingerprint density at radius 3 is 2.45 bits per heavy atom. The van der Waals surface area contributed by atoms with E-state index < -0.39 is 21.7 Å². The molecule has 10 nitrogen and oxygen atoms in total. The molecule has 2 fully saturated rings. The number of piperidine rings is 1. The Labute approximate surface area is 192 Å². The molecule has 0 aromatic carbocycles. The maximum absolute atomic E-state index is 13.1. The van der Waals surface area contributed by atoms with E-state index in [0.717, 1.165) is 0 Å². The molecule has 1 aliphatic carbocycles. The fraction of sp³-hybridized carbons (Fsp3) is 0.571. The third kappa shape index (κ3) is 5.99. The van der Waals surface area contributed by atoms with Gasteiger partial charge in [0.05, 0.1) is 12.5 Å². The molecular formula is C21H29FN4O6S. The molecule has 0 bridgehead atoms. The molecule has 0 unspecified atom stereocenters. The smallest absolute Gasteiger partial charge is 0.407 e. The first-order valence-corrected chi connectivity index (χ1v) is 12.0. The van der Waals surface area contributed by atoms with E-state index in [0.29, 0.717) is 19.4 Å². The van der Waals surface area contributed by atoms with Crippen molar-refractivity contribution >= 4 is 22.0 Å². The van der Waals surface area contributed by atoms with Crippen molar-refractivity contribution in [3.05, 3.63) is 30.2 Å². The fourth-order valence-corrected chi connectivity index (χ4v) is 5.24. The third-order valence-electron chi connectivity index (χ3n) is 5.48. The lowest BCUT2D eigenvalue weighted by molar-refractivity contribution is -0.122. The SMILES string of the molecule is CNC(=O)[C@H]1[C@@H]2CN(S(=O)(=O)c3ccc(OC/C(=C/F)CNC(=O)OC(C)(C)C)nc3)C[C@@H]21. The van der Waals surface area contributed by atoms with E-state index in [-0.39, 0.29) is 53.2 Å². The van der Waals surface area contributed by atoms with E-state index in [9.17, 15) is 22.4 Å². The monoisotopic (exact) mass is 484 g/mol. The summed E-state index contributed by atoms with van der Waals surface area (Å²) in [6.07, 6.45) is 0.819. The molecule has 33 heavy (non-hydrogen) atoms. The van der Waals surface area contributed by atoms with Crippen LogP contribution in [0.4, 0.5) is 9.18 Å². The number of carbonyl (C=O) groups excluding carboxylic acids is 2. The molecule has 0 radical (unpaired) electrons. The van der Waals surface area contributed by atoms with E-state index in [1.165, 1.54) is 22.6 Å². The summed E-state index contributed by atoms with van der Waals surface area (Å²) in [4.78, 5) is 27.4. The molecule has 0 spiro atoms. The summed E-state index contributed by atoms with van der Waals surface area (Å²) in [6.45, 7) is 5.44. The van der Waals surface area contributed by atoms with Gasteiger partial charge in [-0.15, -0.1) is 0 Å². The molecule has 1 aromatic rings. The molecular weight excluding hydrogens is 455 g/mol. The highest BCUT2D eigenvalue weighted by atomic mass is 32.2. The van der Waals surface area contributed by atoms with Crippen molar-refractivity contribution in [3.8, 4) is 5.88 Å². The molecule has 1 saturated carbocycles. The standard InChI is InChI=1S/C21H29FN4O6S/c1-21(2,3)32-20(28)25-8-13(7-22)12-31-17-6-5-14(9-24-17)33(29,30)26-10-15-16(11-26)18(15)19(27)23-4/h5-7,9,15-16,18H,8,10-12H2,1-4H3,(H,23,27)(H,25,28)/b13-7+/t15-,16+,18+. The van der Waals surface area contributed by atoms with Gasteiger partial charge in [-0.2, -0.15) is 4.31 Å². The first kappa shape index (κ1) is 24.9. The number of pyridine rings is 1. The second-order valence-corrected chi connectivity index (χ2v) is 11.0. The molecule has 2 amide bonds. The largest absolute Gasteiger partial charge is 0.473 e. The molecule has 1 aliphatic heterocycles. The Morgan fingerprint density at radius 2 is 1.94 bits per heavy atom. The quantitative estimate of drug-likeness (QED) is 0.572. The van der Waals surface area contributed by atoms with Gasteiger partial charge in [-0.05, 0) is 38.7 Å². The Hall–Kier alpha value is -2.73. The number of nitrogens with zero attached hydrogens (tertiary/aromatic N) is 2. The Balaban J connectivity index is 1.50. The molecule has 2 heterocycles. The average Bonchev–Trinajstić information content (AvgIpc) is 3.24. The number of hydrogen-bond donors (Lipinski definition) is 2. The van der Waals surface area contributed by atoms with Crippen molar-refractivity contribution in [1.29, 1.82) is 0 Å². The van der Waals surface area contributed by atoms with Gasteiger partial charge in [0, 0.05) is 44.2 Å². The van der Waals surface area contributed by atoms with Crippen LogP contribution in [0.25, 0.3) is 0 Å². The van der Waals surface area contributed by atoms with Crippen LogP contribution < -0.4 is 15.4 Å². The summed E-state index contributed by atoms with van der Waals surface area (Å²) < 4.78 is 50.7. The van der Waals surface area contributed by atoms with Crippen molar-refractivity contribution in [1.82, 2.24) is 19.9 Å². The van der Waals surface area contributed by atoms with Gasteiger partial charge >= 0.3 is 6.09 Å². The topological polar surface area (TPSA) is 127 Å². The van der Waals surface area contributed by atoms with E-state index in [1.54, 1.807) is 27.8 Å². The highest BCUT2D eigenvalue weighted by Gasteiger charge is 2.61. The number of sulfonamides is 1. The highest BCUT2D eigenvalue weighted by molar-refractivity contribution is 7.89. The van der Waals surface area contributed by atoms with Gasteiger partial charge in [0.2, 0.25) is 21.8 Å². The van der Waals surface area contributed by atoms with E-state index in [4.69, 9.17) is 9.47 Å². The number of amides is 2. The number of rotatable bonds is 8. The minimum atomic E-state index is -3.73. The second-order valence-electron chi connectivity index (χ2n) is 9.03. The predicted molar refractivity (Wildman–Crippen MR) is 116 cm³/mol. The third-order valence-corrected chi connectivity index (χ3v) is 7.29. The lowest BCUT2D eigenvalue weighted by Gasteiger charge is -2.20. The summed E-state index contributed by atoms with van der Waals surface area (Å²) in [6, 6.07) is 2.75. The zero-order chi connectivity index (χ0) is 24.4. The highest BCUT2D eigenvalue weighted by Crippen LogP contribution is 2.52. The number of carbonyl (C=O) groups is 2. The van der Waals surface area contributed by atoms with Gasteiger partial charge in [-0.1, -0.05) is 0 Å². The van der Waals surface area contributed by atoms with Gasteiger partial charge < -0.3 is 20.1 Å². The number of fused-ring (bicyclic) bond motifs is 1. The summed E-state index contributed by atoms with van der Waals surface area (Å²) in [5.41, 5.74) is -0.533. The van der Waals surface area contributed by atoms with Crippen molar-refractivity contribution in [2.45, 2.75) is 31.3 Å². The van der Waals surface area contributed by atoms with Crippen LogP contribution in [0.5, 0.6) is 5.88 Å². The first-order chi connectivity index (χ1) is 15.5. The molecule has 1 aromatic heterocycles. The van der Waals surface area contributed by atoms with Gasteiger partial charge in [0.25, 0.3) is 0 Å². The Morgan fingerprint density at radius 1 is 1.27 bits per heavy atom. The van der Waals surface area contributed by atoms with E-state index in [2.05, 4.69) is 15.6 Å². The summed E-state index contributed by atoms with van der Waals surface area (Å²) >= 11 is 0. The lowest BCUT2D eigenvalue weighted by atomic mass is 10.2. The normalized spacial score (nSPS) is 22.9. The van der Waals surface area contributed by atoms with Gasteiger partial charge in [0.15, 0.2) is 0 Å². The molecule has 3 atom stereocenters. The van der Waals surface area contributed by atoms with Crippen molar-refractivity contribution in [2.24, 2.45) is 17.8 Å². The fourth-order valence-electron chi connectivity index (χ4n) is 3.78. The molecule has 182 valence electrons. The van der Waals surface area contributed by atoms with Crippen LogP contribution >= 0.6 is 0 Å². The van der Waals surface area contributed by atoms with Crippen molar-refractivity contribution < 1.29 is 31.9 Å². The molecule has 2 N–H and O–H groups in total. The molecule has 2 aliphatic rings. The average molecular weight is 485 g/mol. The van der Waals surface area contributed by atoms with Crippen LogP contribution in [-0.2, 0) is 19.6 Å². The van der Waals surface area contributed by atoms with E-state index in [1.807, 2.05) is 0 Å². The van der Waals surface area contributed by atoms with Gasteiger partial charge in [-0.25, -0.2) is 22.6 Å². The first-order valence-electron chi connectivity index (χ1n) is 10.5. The van der Waals surface area contributed by atoms with Crippen LogP contribution in [0.3, 0.4) is 0 Å². The Kier molecular flexibility index (Phi) is 7.27. The molecule has 1 saturated heterocycles. The number of nitrogens with one attached hydrogen (secondary N) is 2. The predicted octanol–water partition coefficient (Wildman–Crippen LogP) is 1.45. The van der Waals surface area contributed by atoms with Crippen LogP contribution in [0.2, 0.25) is 0 Å². The lowest BCUT2D eigenvalue weighted by Crippen LogP contribution is -2.34. The maximum atomic E-state index is 13.1. The van der Waals surface area contributed by atoms with Gasteiger partial charge in [-0.3, -0.25) is 4.79 Å². The number of hydrogen-bond acceptors (Lipinski definition) is 7. The Bertz CT molecular complexity index is 1010. The van der Waals surface area contributed by atoms with Crippen LogP contribution in [-0.4, -0.2) is 68.6 Å². The van der Waals surface area contributed by atoms with E-state index >= 15 is 0 Å². The zero-order valence-corrected chi connectivity index (χ0v) is 19.8. The minimum Gasteiger partial charge on any atom is -0.473 e. The number of aromatic nitrogens is 1. The summed E-state index contributed by atoms with van der Waals surface area (Å²) in [5, 5.41) is 5.04. The second kappa shape index (κ2) is 9.64. The molecule has 3 rings (SSSR count).